The van der Waals surface area contributed by atoms with Gasteiger partial charge in [0.05, 0.1) is 12.9 Å². The van der Waals surface area contributed by atoms with Crippen LogP contribution >= 0.6 is 0 Å². The van der Waals surface area contributed by atoms with Crippen molar-refractivity contribution >= 4 is 0 Å². The lowest BCUT2D eigenvalue weighted by atomic mass is 9.93. The van der Waals surface area contributed by atoms with Gasteiger partial charge in [-0.2, -0.15) is 0 Å². The minimum Gasteiger partial charge on any atom is -0.501 e. The summed E-state index contributed by atoms with van der Waals surface area (Å²) in [5, 5.41) is 3.45. The van der Waals surface area contributed by atoms with Crippen LogP contribution in [0, 0.1) is 11.8 Å². The van der Waals surface area contributed by atoms with Crippen molar-refractivity contribution in [1.82, 2.24) is 5.32 Å². The second kappa shape index (κ2) is 9.46. The fraction of sp³-hybridized carbons (Fsp3) is 0.714. The molecule has 0 heterocycles. The second-order valence-electron chi connectivity index (χ2n) is 4.48. The SMILES string of the molecule is CCC(CNC/C=C/C=C(/C)OC)C(C)C. The summed E-state index contributed by atoms with van der Waals surface area (Å²) in [5.74, 6) is 2.48. The molecular weight excluding hydrogens is 198 g/mol. The summed E-state index contributed by atoms with van der Waals surface area (Å²) in [6.45, 7) is 10.8. The number of ether oxygens (including phenoxy) is 1. The highest BCUT2D eigenvalue weighted by molar-refractivity contribution is 5.06. The molecule has 0 saturated heterocycles. The number of nitrogens with one attached hydrogen (secondary N) is 1. The van der Waals surface area contributed by atoms with Crippen molar-refractivity contribution in [2.24, 2.45) is 11.8 Å². The quantitative estimate of drug-likeness (QED) is 0.388. The first-order valence-corrected chi connectivity index (χ1v) is 6.19. The lowest BCUT2D eigenvalue weighted by molar-refractivity contribution is 0.294. The minimum absolute atomic E-state index is 0.761. The molecule has 0 radical (unpaired) electrons. The third-order valence-corrected chi connectivity index (χ3v) is 2.92. The molecule has 0 saturated carbocycles. The summed E-state index contributed by atoms with van der Waals surface area (Å²) >= 11 is 0. The highest BCUT2D eigenvalue weighted by atomic mass is 16.5. The van der Waals surface area contributed by atoms with Crippen molar-refractivity contribution in [1.29, 1.82) is 0 Å². The van der Waals surface area contributed by atoms with E-state index in [2.05, 4.69) is 32.2 Å². The molecule has 0 aromatic carbocycles. The summed E-state index contributed by atoms with van der Waals surface area (Å²) in [6.07, 6.45) is 7.37. The average Bonchev–Trinajstić information content (AvgIpc) is 2.27. The van der Waals surface area contributed by atoms with Crippen LogP contribution in [0.5, 0.6) is 0 Å². The van der Waals surface area contributed by atoms with Gasteiger partial charge in [-0.25, -0.2) is 0 Å². The first-order chi connectivity index (χ1) is 7.61. The lowest BCUT2D eigenvalue weighted by Gasteiger charge is -2.18. The highest BCUT2D eigenvalue weighted by Crippen LogP contribution is 2.12. The van der Waals surface area contributed by atoms with Crippen LogP contribution in [0.15, 0.2) is 24.0 Å². The van der Waals surface area contributed by atoms with E-state index in [4.69, 9.17) is 4.74 Å². The highest BCUT2D eigenvalue weighted by Gasteiger charge is 2.08. The fourth-order valence-corrected chi connectivity index (χ4v) is 1.54. The summed E-state index contributed by atoms with van der Waals surface area (Å²) in [6, 6.07) is 0. The Balaban J connectivity index is 3.67. The van der Waals surface area contributed by atoms with Gasteiger partial charge in [0, 0.05) is 6.54 Å². The smallest absolute Gasteiger partial charge is 0.0924 e. The lowest BCUT2D eigenvalue weighted by Crippen LogP contribution is -2.25. The predicted molar refractivity (Wildman–Crippen MR) is 71.4 cm³/mol. The number of allylic oxidation sites excluding steroid dienone is 3. The first kappa shape index (κ1) is 15.2. The Morgan fingerprint density at radius 3 is 2.56 bits per heavy atom. The van der Waals surface area contributed by atoms with Crippen LogP contribution in [-0.4, -0.2) is 20.2 Å². The Bertz CT molecular complexity index is 219. The van der Waals surface area contributed by atoms with Gasteiger partial charge in [0.2, 0.25) is 0 Å². The van der Waals surface area contributed by atoms with Crippen molar-refractivity contribution in [2.45, 2.75) is 34.1 Å². The Hall–Kier alpha value is -0.760. The summed E-state index contributed by atoms with van der Waals surface area (Å²) in [7, 11) is 1.69. The van der Waals surface area contributed by atoms with Crippen LogP contribution in [0.1, 0.15) is 34.1 Å². The van der Waals surface area contributed by atoms with E-state index in [0.29, 0.717) is 0 Å². The van der Waals surface area contributed by atoms with Gasteiger partial charge >= 0.3 is 0 Å². The molecule has 16 heavy (non-hydrogen) atoms. The standard InChI is InChI=1S/C14H27NO/c1-6-14(12(2)3)11-15-10-8-7-9-13(4)16-5/h7-9,12,14-15H,6,10-11H2,1-5H3/b8-7+,13-9-. The number of hydrogen-bond acceptors (Lipinski definition) is 2. The Kier molecular flexibility index (Phi) is 9.02. The molecular formula is C14H27NO. The van der Waals surface area contributed by atoms with Gasteiger partial charge in [0.15, 0.2) is 0 Å². The van der Waals surface area contributed by atoms with E-state index in [1.54, 1.807) is 7.11 Å². The van der Waals surface area contributed by atoms with E-state index in [1.807, 2.05) is 19.1 Å². The Morgan fingerprint density at radius 2 is 2.06 bits per heavy atom. The molecule has 0 rings (SSSR count). The molecule has 0 aromatic heterocycles. The van der Waals surface area contributed by atoms with Gasteiger partial charge in [-0.15, -0.1) is 0 Å². The van der Waals surface area contributed by atoms with E-state index in [1.165, 1.54) is 6.42 Å². The third-order valence-electron chi connectivity index (χ3n) is 2.92. The van der Waals surface area contributed by atoms with Crippen molar-refractivity contribution in [3.8, 4) is 0 Å². The second-order valence-corrected chi connectivity index (χ2v) is 4.48. The first-order valence-electron chi connectivity index (χ1n) is 6.19. The predicted octanol–water partition coefficient (Wildman–Crippen LogP) is 3.36. The van der Waals surface area contributed by atoms with Crippen molar-refractivity contribution < 1.29 is 4.74 Å². The molecule has 1 N–H and O–H groups in total. The van der Waals surface area contributed by atoms with Gasteiger partial charge < -0.3 is 10.1 Å². The Morgan fingerprint density at radius 1 is 1.38 bits per heavy atom. The van der Waals surface area contributed by atoms with Gasteiger partial charge in [-0.1, -0.05) is 39.3 Å². The van der Waals surface area contributed by atoms with Gasteiger partial charge in [0.25, 0.3) is 0 Å². The summed E-state index contributed by atoms with van der Waals surface area (Å²) in [5.41, 5.74) is 0. The van der Waals surface area contributed by atoms with Crippen LogP contribution in [0.3, 0.4) is 0 Å². The van der Waals surface area contributed by atoms with Crippen molar-refractivity contribution in [3.05, 3.63) is 24.0 Å². The maximum absolute atomic E-state index is 5.03. The molecule has 0 aliphatic carbocycles. The third kappa shape index (κ3) is 7.52. The molecule has 1 atom stereocenters. The topological polar surface area (TPSA) is 21.3 Å². The molecule has 0 spiro atoms. The number of methoxy groups -OCH3 is 1. The van der Waals surface area contributed by atoms with Crippen LogP contribution in [0.4, 0.5) is 0 Å². The van der Waals surface area contributed by atoms with Gasteiger partial charge in [-0.05, 0) is 31.4 Å². The van der Waals surface area contributed by atoms with E-state index < -0.39 is 0 Å². The molecule has 0 bridgehead atoms. The van der Waals surface area contributed by atoms with E-state index in [9.17, 15) is 0 Å². The van der Waals surface area contributed by atoms with Crippen LogP contribution in [0.2, 0.25) is 0 Å². The zero-order valence-electron chi connectivity index (χ0n) is 11.4. The van der Waals surface area contributed by atoms with Crippen LogP contribution < -0.4 is 5.32 Å². The molecule has 2 heteroatoms. The van der Waals surface area contributed by atoms with Crippen molar-refractivity contribution in [3.63, 3.8) is 0 Å². The largest absolute Gasteiger partial charge is 0.501 e. The van der Waals surface area contributed by atoms with E-state index in [-0.39, 0.29) is 0 Å². The number of hydrogen-bond donors (Lipinski definition) is 1. The van der Waals surface area contributed by atoms with E-state index in [0.717, 1.165) is 30.7 Å². The normalized spacial score (nSPS) is 14.8. The van der Waals surface area contributed by atoms with Crippen LogP contribution in [0.25, 0.3) is 0 Å². The molecule has 0 aliphatic heterocycles. The average molecular weight is 225 g/mol. The maximum atomic E-state index is 5.03. The maximum Gasteiger partial charge on any atom is 0.0924 e. The van der Waals surface area contributed by atoms with Crippen molar-refractivity contribution in [2.75, 3.05) is 20.2 Å². The molecule has 94 valence electrons. The molecule has 1 unspecified atom stereocenters. The molecule has 0 aromatic rings. The molecule has 0 aliphatic rings. The summed E-state index contributed by atoms with van der Waals surface area (Å²) in [4.78, 5) is 0. The molecule has 0 fully saturated rings. The summed E-state index contributed by atoms with van der Waals surface area (Å²) < 4.78 is 5.03. The van der Waals surface area contributed by atoms with Gasteiger partial charge in [-0.3, -0.25) is 0 Å². The monoisotopic (exact) mass is 225 g/mol. The van der Waals surface area contributed by atoms with E-state index >= 15 is 0 Å². The number of rotatable bonds is 8. The van der Waals surface area contributed by atoms with Gasteiger partial charge in [0.1, 0.15) is 0 Å². The van der Waals surface area contributed by atoms with Crippen LogP contribution in [-0.2, 0) is 4.74 Å². The minimum atomic E-state index is 0.761. The zero-order valence-corrected chi connectivity index (χ0v) is 11.4. The zero-order chi connectivity index (χ0) is 12.4. The molecule has 2 nitrogen and oxygen atoms in total. The fourth-order valence-electron chi connectivity index (χ4n) is 1.54. The Labute approximate surface area is 101 Å². The molecule has 0 amide bonds.